The first-order valence-corrected chi connectivity index (χ1v) is 6.20. The maximum Gasteiger partial charge on any atom is 0.185 e. The van der Waals surface area contributed by atoms with Crippen molar-refractivity contribution < 1.29 is 14.6 Å². The van der Waals surface area contributed by atoms with E-state index in [2.05, 4.69) is 5.32 Å². The molecular weight excluding hydrogens is 266 g/mol. The van der Waals surface area contributed by atoms with Crippen LogP contribution in [0.25, 0.3) is 0 Å². The normalized spacial score (nSPS) is 26.7. The first-order valence-electron chi connectivity index (χ1n) is 6.20. The molecule has 0 spiro atoms. The average molecular weight is 286 g/mol. The molecule has 106 valence electrons. The molecule has 2 rings (SSSR count). The number of hydrogen-bond donors (Lipinski definition) is 2. The van der Waals surface area contributed by atoms with E-state index in [9.17, 15) is 9.90 Å². The minimum absolute atomic E-state index is 0. The molecule has 0 aliphatic heterocycles. The first-order chi connectivity index (χ1) is 8.64. The van der Waals surface area contributed by atoms with Crippen LogP contribution in [0.5, 0.6) is 5.75 Å². The van der Waals surface area contributed by atoms with E-state index >= 15 is 0 Å². The summed E-state index contributed by atoms with van der Waals surface area (Å²) in [5.74, 6) is 0.569. The van der Waals surface area contributed by atoms with Gasteiger partial charge in [0.1, 0.15) is 17.4 Å². The van der Waals surface area contributed by atoms with Crippen molar-refractivity contribution >= 4 is 18.2 Å². The van der Waals surface area contributed by atoms with Crippen LogP contribution in [0.3, 0.4) is 0 Å². The van der Waals surface area contributed by atoms with E-state index in [1.807, 2.05) is 24.3 Å². The molecule has 0 radical (unpaired) electrons. The maximum atomic E-state index is 12.3. The van der Waals surface area contributed by atoms with Gasteiger partial charge < -0.3 is 15.2 Å². The molecule has 1 saturated carbocycles. The highest BCUT2D eigenvalue weighted by atomic mass is 35.5. The van der Waals surface area contributed by atoms with Crippen molar-refractivity contribution in [2.24, 2.45) is 0 Å². The van der Waals surface area contributed by atoms with Crippen LogP contribution in [0.1, 0.15) is 24.8 Å². The monoisotopic (exact) mass is 285 g/mol. The SMILES string of the molecule is CN[C@]1(c2cccc(OC)c2)CCC[C@H](O)C1=O.Cl. The summed E-state index contributed by atoms with van der Waals surface area (Å²) >= 11 is 0. The summed E-state index contributed by atoms with van der Waals surface area (Å²) in [4.78, 5) is 12.3. The van der Waals surface area contributed by atoms with Crippen molar-refractivity contribution in [1.29, 1.82) is 0 Å². The number of Topliss-reactive ketones (excluding diaryl/α,β-unsaturated/α-hetero) is 1. The van der Waals surface area contributed by atoms with Crippen LogP contribution >= 0.6 is 12.4 Å². The Morgan fingerprint density at radius 3 is 2.84 bits per heavy atom. The number of aliphatic hydroxyl groups is 1. The third-order valence-electron chi connectivity index (χ3n) is 3.74. The lowest BCUT2D eigenvalue weighted by Gasteiger charge is -2.38. The van der Waals surface area contributed by atoms with E-state index < -0.39 is 11.6 Å². The number of ketones is 1. The zero-order chi connectivity index (χ0) is 13.2. The Morgan fingerprint density at radius 1 is 1.47 bits per heavy atom. The quantitative estimate of drug-likeness (QED) is 0.886. The Kier molecular flexibility index (Phi) is 5.35. The second-order valence-electron chi connectivity index (χ2n) is 4.66. The molecule has 2 N–H and O–H groups in total. The van der Waals surface area contributed by atoms with Gasteiger partial charge in [-0.15, -0.1) is 12.4 Å². The summed E-state index contributed by atoms with van der Waals surface area (Å²) < 4.78 is 5.20. The minimum Gasteiger partial charge on any atom is -0.497 e. The van der Waals surface area contributed by atoms with Crippen LogP contribution in [-0.4, -0.2) is 31.2 Å². The fraction of sp³-hybridized carbons (Fsp3) is 0.500. The molecule has 2 atom stereocenters. The zero-order valence-corrected chi connectivity index (χ0v) is 12.0. The van der Waals surface area contributed by atoms with Crippen molar-refractivity contribution in [1.82, 2.24) is 5.32 Å². The third-order valence-corrected chi connectivity index (χ3v) is 3.74. The van der Waals surface area contributed by atoms with E-state index in [0.717, 1.165) is 17.7 Å². The summed E-state index contributed by atoms with van der Waals surface area (Å²) in [6.07, 6.45) is 1.20. The topological polar surface area (TPSA) is 58.6 Å². The van der Waals surface area contributed by atoms with Gasteiger partial charge in [0, 0.05) is 0 Å². The number of nitrogens with one attached hydrogen (secondary N) is 1. The number of halogens is 1. The van der Waals surface area contributed by atoms with Crippen molar-refractivity contribution in [2.75, 3.05) is 14.2 Å². The van der Waals surface area contributed by atoms with E-state index in [-0.39, 0.29) is 18.2 Å². The van der Waals surface area contributed by atoms with Gasteiger partial charge in [-0.1, -0.05) is 12.1 Å². The molecule has 1 aromatic rings. The number of methoxy groups -OCH3 is 1. The zero-order valence-electron chi connectivity index (χ0n) is 11.2. The lowest BCUT2D eigenvalue weighted by molar-refractivity contribution is -0.137. The fourth-order valence-corrected chi connectivity index (χ4v) is 2.67. The van der Waals surface area contributed by atoms with Gasteiger partial charge in [0.25, 0.3) is 0 Å². The predicted octanol–water partition coefficient (Wildman–Crippen LogP) is 1.65. The Bertz CT molecular complexity index is 452. The molecule has 0 bridgehead atoms. The van der Waals surface area contributed by atoms with E-state index in [1.165, 1.54) is 0 Å². The fourth-order valence-electron chi connectivity index (χ4n) is 2.67. The number of carbonyl (C=O) groups excluding carboxylic acids is 1. The average Bonchev–Trinajstić information content (AvgIpc) is 2.42. The number of hydrogen-bond acceptors (Lipinski definition) is 4. The Morgan fingerprint density at radius 2 is 2.21 bits per heavy atom. The minimum atomic E-state index is -0.877. The number of likely N-dealkylation sites (N-methyl/N-ethyl adjacent to an activating group) is 1. The molecule has 4 nitrogen and oxygen atoms in total. The van der Waals surface area contributed by atoms with Gasteiger partial charge in [-0.3, -0.25) is 4.79 Å². The molecule has 19 heavy (non-hydrogen) atoms. The number of benzene rings is 1. The summed E-state index contributed by atoms with van der Waals surface area (Å²) in [7, 11) is 3.36. The highest BCUT2D eigenvalue weighted by Crippen LogP contribution is 2.35. The van der Waals surface area contributed by atoms with Crippen LogP contribution in [0.15, 0.2) is 24.3 Å². The lowest BCUT2D eigenvalue weighted by atomic mass is 9.74. The van der Waals surface area contributed by atoms with Crippen molar-refractivity contribution in [3.63, 3.8) is 0 Å². The number of rotatable bonds is 3. The van der Waals surface area contributed by atoms with Crippen LogP contribution in [0.2, 0.25) is 0 Å². The molecule has 0 heterocycles. The molecule has 0 aromatic heterocycles. The molecule has 5 heteroatoms. The number of ether oxygens (including phenoxy) is 1. The number of aliphatic hydroxyl groups excluding tert-OH is 1. The predicted molar refractivity (Wildman–Crippen MR) is 75.8 cm³/mol. The highest BCUT2D eigenvalue weighted by Gasteiger charge is 2.44. The molecule has 1 aromatic carbocycles. The van der Waals surface area contributed by atoms with Crippen LogP contribution in [-0.2, 0) is 10.3 Å². The van der Waals surface area contributed by atoms with Gasteiger partial charge in [-0.2, -0.15) is 0 Å². The summed E-state index contributed by atoms with van der Waals surface area (Å²) in [5, 5.41) is 12.9. The number of carbonyl (C=O) groups is 1. The van der Waals surface area contributed by atoms with Gasteiger partial charge in [0.05, 0.1) is 7.11 Å². The van der Waals surface area contributed by atoms with Crippen LogP contribution in [0.4, 0.5) is 0 Å². The van der Waals surface area contributed by atoms with E-state index in [1.54, 1.807) is 14.2 Å². The Labute approximate surface area is 119 Å². The van der Waals surface area contributed by atoms with Crippen LogP contribution < -0.4 is 10.1 Å². The molecular formula is C14H20ClNO3. The lowest BCUT2D eigenvalue weighted by Crippen LogP contribution is -2.54. The smallest absolute Gasteiger partial charge is 0.185 e. The maximum absolute atomic E-state index is 12.3. The third kappa shape index (κ3) is 2.76. The largest absolute Gasteiger partial charge is 0.497 e. The Hall–Kier alpha value is -1.10. The van der Waals surface area contributed by atoms with Gasteiger partial charge in [0.15, 0.2) is 5.78 Å². The van der Waals surface area contributed by atoms with Gasteiger partial charge in [0.2, 0.25) is 0 Å². The second-order valence-corrected chi connectivity index (χ2v) is 4.66. The molecule has 1 aliphatic rings. The van der Waals surface area contributed by atoms with Gasteiger partial charge in [-0.05, 0) is 44.0 Å². The first kappa shape index (κ1) is 16.0. The highest BCUT2D eigenvalue weighted by molar-refractivity contribution is 5.93. The molecule has 0 saturated heterocycles. The standard InChI is InChI=1S/C14H19NO3.ClH/c1-15-14(8-4-7-12(16)13(14)17)10-5-3-6-11(9-10)18-2;/h3,5-6,9,12,15-16H,4,7-8H2,1-2H3;1H/t12-,14-;/m0./s1. The summed E-state index contributed by atoms with van der Waals surface area (Å²) in [5.41, 5.74) is 0.0692. The van der Waals surface area contributed by atoms with E-state index in [4.69, 9.17) is 4.74 Å². The van der Waals surface area contributed by atoms with Crippen LogP contribution in [0, 0.1) is 0 Å². The molecule has 1 fully saturated rings. The summed E-state index contributed by atoms with van der Waals surface area (Å²) in [6.45, 7) is 0. The van der Waals surface area contributed by atoms with Gasteiger partial charge in [-0.25, -0.2) is 0 Å². The Balaban J connectivity index is 0.00000180. The van der Waals surface area contributed by atoms with Crippen molar-refractivity contribution in [2.45, 2.75) is 30.9 Å². The molecule has 0 unspecified atom stereocenters. The van der Waals surface area contributed by atoms with Crippen molar-refractivity contribution in [3.8, 4) is 5.75 Å². The van der Waals surface area contributed by atoms with E-state index in [0.29, 0.717) is 12.8 Å². The molecule has 1 aliphatic carbocycles. The second kappa shape index (κ2) is 6.37. The van der Waals surface area contributed by atoms with Gasteiger partial charge >= 0.3 is 0 Å². The molecule has 0 amide bonds. The summed E-state index contributed by atoms with van der Waals surface area (Å²) in [6, 6.07) is 7.46. The van der Waals surface area contributed by atoms with Crippen molar-refractivity contribution in [3.05, 3.63) is 29.8 Å².